The fourth-order valence-electron chi connectivity index (χ4n) is 2.00. The van der Waals surface area contributed by atoms with Gasteiger partial charge in [-0.3, -0.25) is 5.10 Å². The third-order valence-electron chi connectivity index (χ3n) is 2.90. The minimum Gasteiger partial charge on any atom is -0.461 e. The van der Waals surface area contributed by atoms with E-state index >= 15 is 0 Å². The molecule has 2 heterocycles. The smallest absolute Gasteiger partial charge is 0.358 e. The van der Waals surface area contributed by atoms with Crippen molar-refractivity contribution in [2.45, 2.75) is 6.92 Å². The molecule has 0 saturated carbocycles. The molecular formula is C14H12FN3O2. The van der Waals surface area contributed by atoms with E-state index in [1.54, 1.807) is 35.7 Å². The number of aromatic nitrogens is 3. The van der Waals surface area contributed by atoms with Gasteiger partial charge in [-0.1, -0.05) is 12.1 Å². The van der Waals surface area contributed by atoms with Crippen LogP contribution >= 0.6 is 0 Å². The lowest BCUT2D eigenvalue weighted by atomic mass is 10.1. The zero-order chi connectivity index (χ0) is 14.1. The number of H-pyrrole nitrogens is 1. The zero-order valence-electron chi connectivity index (χ0n) is 10.8. The third-order valence-corrected chi connectivity index (χ3v) is 2.90. The molecule has 1 aromatic carbocycles. The van der Waals surface area contributed by atoms with Gasteiger partial charge < -0.3 is 4.74 Å². The van der Waals surface area contributed by atoms with Crippen molar-refractivity contribution in [2.24, 2.45) is 0 Å². The summed E-state index contributed by atoms with van der Waals surface area (Å²) in [4.78, 5) is 15.7. The van der Waals surface area contributed by atoms with Gasteiger partial charge in [-0.05, 0) is 19.1 Å². The molecule has 6 heteroatoms. The van der Waals surface area contributed by atoms with Gasteiger partial charge >= 0.3 is 5.97 Å². The van der Waals surface area contributed by atoms with Gasteiger partial charge in [-0.25, -0.2) is 18.7 Å². The molecule has 0 spiro atoms. The largest absolute Gasteiger partial charge is 0.461 e. The lowest BCUT2D eigenvalue weighted by molar-refractivity contribution is 0.0520. The van der Waals surface area contributed by atoms with E-state index in [1.807, 2.05) is 0 Å². The van der Waals surface area contributed by atoms with Crippen molar-refractivity contribution in [1.82, 2.24) is 14.6 Å². The first-order chi connectivity index (χ1) is 9.69. The quantitative estimate of drug-likeness (QED) is 0.746. The monoisotopic (exact) mass is 273 g/mol. The molecule has 102 valence electrons. The lowest BCUT2D eigenvalue weighted by Gasteiger charge is -1.99. The molecule has 0 aliphatic rings. The molecule has 0 aliphatic heterocycles. The number of imidazole rings is 1. The predicted molar refractivity (Wildman–Crippen MR) is 70.9 cm³/mol. The zero-order valence-corrected chi connectivity index (χ0v) is 10.8. The second-order valence-corrected chi connectivity index (χ2v) is 4.22. The summed E-state index contributed by atoms with van der Waals surface area (Å²) >= 11 is 0. The van der Waals surface area contributed by atoms with E-state index in [4.69, 9.17) is 4.74 Å². The van der Waals surface area contributed by atoms with Gasteiger partial charge in [0.25, 0.3) is 0 Å². The number of hydrogen-bond donors (Lipinski definition) is 1. The fourth-order valence-corrected chi connectivity index (χ4v) is 2.00. The highest BCUT2D eigenvalue weighted by atomic mass is 19.1. The second-order valence-electron chi connectivity index (χ2n) is 4.22. The van der Waals surface area contributed by atoms with Gasteiger partial charge in [-0.15, -0.1) is 0 Å². The Morgan fingerprint density at radius 2 is 2.25 bits per heavy atom. The standard InChI is InChI=1S/C14H12FN3O2/c1-2-20-14(19)12-8-18-13(16-12)7-11(17-18)9-5-3-4-6-10(9)15/h3-8,17H,2H2,1H3. The van der Waals surface area contributed by atoms with E-state index in [1.165, 1.54) is 12.3 Å². The van der Waals surface area contributed by atoms with Crippen LogP contribution in [0.15, 0.2) is 36.5 Å². The Morgan fingerprint density at radius 1 is 1.45 bits per heavy atom. The molecule has 3 rings (SSSR count). The molecule has 0 fully saturated rings. The Labute approximate surface area is 114 Å². The number of ether oxygens (including phenoxy) is 1. The van der Waals surface area contributed by atoms with Crippen LogP contribution in [0.2, 0.25) is 0 Å². The molecule has 0 atom stereocenters. The van der Waals surface area contributed by atoms with Gasteiger partial charge in [0.2, 0.25) is 0 Å². The minimum absolute atomic E-state index is 0.221. The van der Waals surface area contributed by atoms with Crippen LogP contribution in [-0.4, -0.2) is 27.2 Å². The fraction of sp³-hybridized carbons (Fsp3) is 0.143. The number of nitrogens with one attached hydrogen (secondary N) is 1. The number of hydrogen-bond acceptors (Lipinski definition) is 3. The number of rotatable bonds is 3. The highest BCUT2D eigenvalue weighted by Crippen LogP contribution is 2.22. The van der Waals surface area contributed by atoms with Crippen LogP contribution in [0.3, 0.4) is 0 Å². The number of fused-ring (bicyclic) bond motifs is 1. The van der Waals surface area contributed by atoms with Crippen molar-refractivity contribution < 1.29 is 13.9 Å². The molecule has 0 saturated heterocycles. The van der Waals surface area contributed by atoms with E-state index in [0.717, 1.165) is 0 Å². The van der Waals surface area contributed by atoms with Gasteiger partial charge in [0.1, 0.15) is 5.82 Å². The summed E-state index contributed by atoms with van der Waals surface area (Å²) in [5, 5.41) is 2.98. The highest BCUT2D eigenvalue weighted by Gasteiger charge is 2.14. The summed E-state index contributed by atoms with van der Waals surface area (Å²) < 4.78 is 20.1. The molecule has 2 aromatic heterocycles. The summed E-state index contributed by atoms with van der Waals surface area (Å²) in [6.07, 6.45) is 1.53. The predicted octanol–water partition coefficient (Wildman–Crippen LogP) is 2.65. The summed E-state index contributed by atoms with van der Waals surface area (Å²) in [6, 6.07) is 8.13. The Hall–Kier alpha value is -2.63. The Kier molecular flexibility index (Phi) is 2.98. The topological polar surface area (TPSA) is 59.4 Å². The maximum absolute atomic E-state index is 13.7. The van der Waals surface area contributed by atoms with Crippen molar-refractivity contribution in [1.29, 1.82) is 0 Å². The van der Waals surface area contributed by atoms with E-state index in [9.17, 15) is 9.18 Å². The van der Waals surface area contributed by atoms with Gasteiger partial charge in [0.05, 0.1) is 18.5 Å². The van der Waals surface area contributed by atoms with Crippen molar-refractivity contribution in [3.63, 3.8) is 0 Å². The molecule has 0 amide bonds. The first-order valence-electron chi connectivity index (χ1n) is 6.19. The van der Waals surface area contributed by atoms with E-state index < -0.39 is 5.97 Å². The van der Waals surface area contributed by atoms with Crippen LogP contribution in [0.1, 0.15) is 17.4 Å². The average molecular weight is 273 g/mol. The SMILES string of the molecule is CCOC(=O)c1cn2[nH]c(-c3ccccc3F)cc2n1. The number of carbonyl (C=O) groups excluding carboxylic acids is 1. The normalized spacial score (nSPS) is 10.9. The molecule has 0 radical (unpaired) electrons. The summed E-state index contributed by atoms with van der Waals surface area (Å²) in [5.74, 6) is -0.792. The van der Waals surface area contributed by atoms with E-state index in [-0.39, 0.29) is 11.5 Å². The van der Waals surface area contributed by atoms with E-state index in [0.29, 0.717) is 23.5 Å². The number of esters is 1. The van der Waals surface area contributed by atoms with Crippen LogP contribution < -0.4 is 0 Å². The Bertz CT molecular complexity index is 744. The molecule has 20 heavy (non-hydrogen) atoms. The number of benzene rings is 1. The van der Waals surface area contributed by atoms with E-state index in [2.05, 4.69) is 10.1 Å². The second kappa shape index (κ2) is 4.80. The molecule has 3 aromatic rings. The first kappa shape index (κ1) is 12.4. The van der Waals surface area contributed by atoms with Gasteiger partial charge in [0, 0.05) is 11.6 Å². The average Bonchev–Trinajstić information content (AvgIpc) is 2.97. The van der Waals surface area contributed by atoms with Crippen molar-refractivity contribution >= 4 is 11.6 Å². The molecule has 0 aliphatic carbocycles. The third kappa shape index (κ3) is 2.05. The minimum atomic E-state index is -0.475. The maximum Gasteiger partial charge on any atom is 0.358 e. The molecule has 0 unspecified atom stereocenters. The van der Waals surface area contributed by atoms with Crippen LogP contribution in [0.4, 0.5) is 4.39 Å². The molecule has 1 N–H and O–H groups in total. The van der Waals surface area contributed by atoms with Crippen LogP contribution in [0.25, 0.3) is 16.9 Å². The van der Waals surface area contributed by atoms with Crippen LogP contribution in [0.5, 0.6) is 0 Å². The van der Waals surface area contributed by atoms with Crippen molar-refractivity contribution in [2.75, 3.05) is 6.61 Å². The highest BCUT2D eigenvalue weighted by molar-refractivity contribution is 5.88. The number of carbonyl (C=O) groups is 1. The summed E-state index contributed by atoms with van der Waals surface area (Å²) in [7, 11) is 0. The van der Waals surface area contributed by atoms with Crippen LogP contribution in [-0.2, 0) is 4.74 Å². The maximum atomic E-state index is 13.7. The van der Waals surface area contributed by atoms with Crippen molar-refractivity contribution in [3.8, 4) is 11.3 Å². The number of aromatic amines is 1. The number of nitrogens with zero attached hydrogens (tertiary/aromatic N) is 2. The summed E-state index contributed by atoms with van der Waals surface area (Å²) in [6.45, 7) is 2.03. The molecule has 0 bridgehead atoms. The molecular weight excluding hydrogens is 261 g/mol. The molecule has 5 nitrogen and oxygen atoms in total. The van der Waals surface area contributed by atoms with Gasteiger partial charge in [-0.2, -0.15) is 0 Å². The van der Waals surface area contributed by atoms with Crippen LogP contribution in [0, 0.1) is 5.82 Å². The first-order valence-corrected chi connectivity index (χ1v) is 6.19. The van der Waals surface area contributed by atoms with Gasteiger partial charge in [0.15, 0.2) is 11.3 Å². The lowest BCUT2D eigenvalue weighted by Crippen LogP contribution is -2.04. The number of halogens is 1. The summed E-state index contributed by atoms with van der Waals surface area (Å²) in [5.41, 5.74) is 1.81. The Balaban J connectivity index is 1.99. The van der Waals surface area contributed by atoms with Crippen molar-refractivity contribution in [3.05, 3.63) is 48.0 Å². The Morgan fingerprint density at radius 3 is 2.95 bits per heavy atom.